The van der Waals surface area contributed by atoms with Gasteiger partial charge in [0.2, 0.25) is 5.78 Å². The molecule has 0 radical (unpaired) electrons. The Morgan fingerprint density at radius 3 is 2.29 bits per heavy atom. The van der Waals surface area contributed by atoms with Crippen molar-refractivity contribution in [3.8, 4) is 16.9 Å². The average molecular weight is 413 g/mol. The number of imidazole rings is 2. The number of hydrogen-bond donors (Lipinski definition) is 0. The Kier molecular flexibility index (Phi) is 4.22. The first-order chi connectivity index (χ1) is 14.9. The Labute approximate surface area is 178 Å². The topological polar surface area (TPSA) is 66.2 Å². The normalized spacial score (nSPS) is 11.6. The summed E-state index contributed by atoms with van der Waals surface area (Å²) in [7, 11) is 1.65. The van der Waals surface area contributed by atoms with Gasteiger partial charge in [-0.25, -0.2) is 4.79 Å². The van der Waals surface area contributed by atoms with Gasteiger partial charge in [-0.2, -0.15) is 4.98 Å². The van der Waals surface area contributed by atoms with Crippen LogP contribution in [0, 0.1) is 13.8 Å². The van der Waals surface area contributed by atoms with E-state index in [0.29, 0.717) is 23.5 Å². The summed E-state index contributed by atoms with van der Waals surface area (Å²) in [6, 6.07) is 16.4. The molecule has 0 saturated heterocycles. The predicted molar refractivity (Wildman–Crippen MR) is 122 cm³/mol. The highest BCUT2D eigenvalue weighted by molar-refractivity contribution is 5.79. The van der Waals surface area contributed by atoms with E-state index in [9.17, 15) is 9.59 Å². The fraction of sp³-hybridized carbons (Fsp3) is 0.208. The van der Waals surface area contributed by atoms with Crippen molar-refractivity contribution in [3.63, 3.8) is 0 Å². The van der Waals surface area contributed by atoms with Gasteiger partial charge in [0.1, 0.15) is 0 Å². The summed E-state index contributed by atoms with van der Waals surface area (Å²) in [5.41, 5.74) is 5.27. The van der Waals surface area contributed by atoms with E-state index in [2.05, 4.69) is 36.6 Å². The third-order valence-electron chi connectivity index (χ3n) is 5.70. The first-order valence-corrected chi connectivity index (χ1v) is 10.3. The molecule has 0 aliphatic carbocycles. The molecule has 0 bridgehead atoms. The van der Waals surface area contributed by atoms with Gasteiger partial charge in [-0.1, -0.05) is 36.4 Å². The number of hydrogen-bond acceptors (Lipinski definition) is 3. The molecule has 0 N–H and O–H groups in total. The minimum Gasteiger partial charge on any atom is -0.279 e. The lowest BCUT2D eigenvalue weighted by Gasteiger charge is -2.11. The van der Waals surface area contributed by atoms with Gasteiger partial charge in [0, 0.05) is 31.0 Å². The lowest BCUT2D eigenvalue weighted by Crippen LogP contribution is -2.38. The van der Waals surface area contributed by atoms with Crippen LogP contribution in [0.1, 0.15) is 18.1 Å². The fourth-order valence-corrected chi connectivity index (χ4v) is 4.32. The summed E-state index contributed by atoms with van der Waals surface area (Å²) < 4.78 is 6.55. The van der Waals surface area contributed by atoms with E-state index in [4.69, 9.17) is 4.98 Å². The van der Waals surface area contributed by atoms with Crippen LogP contribution in [-0.2, 0) is 13.6 Å². The molecule has 0 spiro atoms. The highest BCUT2D eigenvalue weighted by atomic mass is 16.2. The van der Waals surface area contributed by atoms with Gasteiger partial charge in [-0.15, -0.1) is 0 Å². The molecule has 3 heterocycles. The summed E-state index contributed by atoms with van der Waals surface area (Å²) in [5.74, 6) is 0.597. The third kappa shape index (κ3) is 2.77. The van der Waals surface area contributed by atoms with Crippen LogP contribution in [0.3, 0.4) is 0 Å². The smallest absolute Gasteiger partial charge is 0.279 e. The van der Waals surface area contributed by atoms with Crippen LogP contribution in [0.2, 0.25) is 0 Å². The van der Waals surface area contributed by atoms with Gasteiger partial charge >= 0.3 is 5.69 Å². The zero-order valence-electron chi connectivity index (χ0n) is 18.0. The molecule has 31 heavy (non-hydrogen) atoms. The van der Waals surface area contributed by atoms with Crippen molar-refractivity contribution in [2.75, 3.05) is 0 Å². The number of aromatic nitrogens is 5. The third-order valence-corrected chi connectivity index (χ3v) is 5.70. The van der Waals surface area contributed by atoms with Gasteiger partial charge in [0.15, 0.2) is 11.2 Å². The Balaban J connectivity index is 1.99. The largest absolute Gasteiger partial charge is 0.332 e. The van der Waals surface area contributed by atoms with Crippen LogP contribution >= 0.6 is 0 Å². The van der Waals surface area contributed by atoms with E-state index < -0.39 is 0 Å². The van der Waals surface area contributed by atoms with E-state index in [0.717, 1.165) is 28.1 Å². The van der Waals surface area contributed by atoms with Crippen molar-refractivity contribution in [2.24, 2.45) is 7.05 Å². The van der Waals surface area contributed by atoms with Crippen LogP contribution in [0.15, 0.2) is 64.3 Å². The highest BCUT2D eigenvalue weighted by Gasteiger charge is 2.22. The molecule has 7 heteroatoms. The number of nitrogens with zero attached hydrogens (tertiary/aromatic N) is 5. The van der Waals surface area contributed by atoms with Crippen molar-refractivity contribution in [3.05, 3.63) is 86.7 Å². The minimum atomic E-state index is -0.359. The van der Waals surface area contributed by atoms with E-state index >= 15 is 0 Å². The Morgan fingerprint density at radius 1 is 0.968 bits per heavy atom. The molecule has 0 aliphatic heterocycles. The van der Waals surface area contributed by atoms with E-state index in [1.165, 1.54) is 9.13 Å². The van der Waals surface area contributed by atoms with E-state index in [-0.39, 0.29) is 11.2 Å². The summed E-state index contributed by atoms with van der Waals surface area (Å²) >= 11 is 0. The average Bonchev–Trinajstić information content (AvgIpc) is 3.29. The second kappa shape index (κ2) is 6.84. The predicted octanol–water partition coefficient (Wildman–Crippen LogP) is 3.44. The number of rotatable bonds is 3. The molecule has 5 rings (SSSR count). The van der Waals surface area contributed by atoms with Crippen molar-refractivity contribution >= 4 is 16.9 Å². The Morgan fingerprint density at radius 2 is 1.65 bits per heavy atom. The summed E-state index contributed by atoms with van der Waals surface area (Å²) in [6.07, 6.45) is 1.93. The molecular formula is C24H23N5O2. The highest BCUT2D eigenvalue weighted by Crippen LogP contribution is 2.29. The van der Waals surface area contributed by atoms with Gasteiger partial charge in [0.05, 0.1) is 5.69 Å². The molecule has 0 atom stereocenters. The summed E-state index contributed by atoms with van der Waals surface area (Å²) in [4.78, 5) is 30.6. The molecule has 0 amide bonds. The maximum absolute atomic E-state index is 13.2. The molecule has 156 valence electrons. The second-order valence-corrected chi connectivity index (χ2v) is 7.91. The van der Waals surface area contributed by atoms with Crippen LogP contribution in [0.5, 0.6) is 0 Å². The Bertz CT molecular complexity index is 1560. The van der Waals surface area contributed by atoms with E-state index in [1.54, 1.807) is 14.0 Å². The molecule has 0 aliphatic rings. The molecule has 0 unspecified atom stereocenters. The lowest BCUT2D eigenvalue weighted by atomic mass is 10.1. The molecule has 2 aromatic carbocycles. The van der Waals surface area contributed by atoms with Gasteiger partial charge in [-0.05, 0) is 44.0 Å². The van der Waals surface area contributed by atoms with Crippen molar-refractivity contribution in [1.82, 2.24) is 23.1 Å². The van der Waals surface area contributed by atoms with Crippen molar-refractivity contribution in [1.29, 1.82) is 0 Å². The molecule has 0 fully saturated rings. The van der Waals surface area contributed by atoms with Crippen LogP contribution in [-0.4, -0.2) is 23.1 Å². The van der Waals surface area contributed by atoms with Gasteiger partial charge in [-0.3, -0.25) is 22.9 Å². The zero-order valence-corrected chi connectivity index (χ0v) is 18.0. The summed E-state index contributed by atoms with van der Waals surface area (Å²) in [6.45, 7) is 6.22. The molecular weight excluding hydrogens is 390 g/mol. The van der Waals surface area contributed by atoms with Gasteiger partial charge in [0.25, 0.3) is 5.56 Å². The van der Waals surface area contributed by atoms with Crippen LogP contribution < -0.4 is 11.2 Å². The van der Waals surface area contributed by atoms with Gasteiger partial charge < -0.3 is 0 Å². The second-order valence-electron chi connectivity index (χ2n) is 7.91. The van der Waals surface area contributed by atoms with Crippen LogP contribution in [0.4, 0.5) is 0 Å². The zero-order chi connectivity index (χ0) is 21.9. The fourth-order valence-electron chi connectivity index (χ4n) is 4.32. The quantitative estimate of drug-likeness (QED) is 0.455. The number of fused-ring (bicyclic) bond motifs is 3. The molecule has 5 aromatic rings. The van der Waals surface area contributed by atoms with Crippen LogP contribution in [0.25, 0.3) is 33.9 Å². The molecule has 3 aromatic heterocycles. The molecule has 7 nitrogen and oxygen atoms in total. The maximum Gasteiger partial charge on any atom is 0.332 e. The van der Waals surface area contributed by atoms with E-state index in [1.807, 2.05) is 40.9 Å². The standard InChI is InChI=1S/C24H23N5O2/c1-5-27-22(30)20-21(26(4)24(27)31)25-23-28(20)14-19(17-9-7-6-8-10-17)29(23)18-12-15(2)11-16(3)13-18/h6-14H,5H2,1-4H3. The maximum atomic E-state index is 13.2. The van der Waals surface area contributed by atoms with Crippen molar-refractivity contribution in [2.45, 2.75) is 27.3 Å². The monoisotopic (exact) mass is 413 g/mol. The minimum absolute atomic E-state index is 0.304. The first kappa shape index (κ1) is 19.1. The van der Waals surface area contributed by atoms with Crippen molar-refractivity contribution < 1.29 is 0 Å². The SMILES string of the molecule is CCn1c(=O)c2c(nc3n(-c4cc(C)cc(C)c4)c(-c4ccccc4)cn23)n(C)c1=O. The first-order valence-electron chi connectivity index (χ1n) is 10.3. The summed E-state index contributed by atoms with van der Waals surface area (Å²) in [5, 5.41) is 0. The number of aryl methyl sites for hydroxylation is 3. The number of benzene rings is 2. The molecule has 0 saturated carbocycles. The lowest BCUT2D eigenvalue weighted by molar-refractivity contribution is 0.637. The Hall–Kier alpha value is -3.87.